The van der Waals surface area contributed by atoms with Crippen molar-refractivity contribution in [2.75, 3.05) is 11.9 Å². The zero-order valence-corrected chi connectivity index (χ0v) is 16.2. The highest BCUT2D eigenvalue weighted by Crippen LogP contribution is 2.20. The van der Waals surface area contributed by atoms with Crippen molar-refractivity contribution < 1.29 is 9.53 Å². The Morgan fingerprint density at radius 1 is 1.14 bits per heavy atom. The maximum Gasteiger partial charge on any atom is 0.274 e. The number of carbonyl (C=O) groups is 1. The molecule has 0 bridgehead atoms. The molecule has 0 aliphatic carbocycles. The van der Waals surface area contributed by atoms with E-state index in [0.29, 0.717) is 23.5 Å². The van der Waals surface area contributed by atoms with Gasteiger partial charge in [0.25, 0.3) is 5.91 Å². The predicted molar refractivity (Wildman–Crippen MR) is 111 cm³/mol. The number of unbranched alkanes of at least 4 members (excludes halogenated alkanes) is 2. The van der Waals surface area contributed by atoms with Crippen molar-refractivity contribution in [3.8, 4) is 17.6 Å². The average molecular weight is 373 g/mol. The van der Waals surface area contributed by atoms with E-state index in [-0.39, 0.29) is 5.91 Å². The number of rotatable bonds is 7. The number of nitrogens with zero attached hydrogens (tertiary/aromatic N) is 2. The van der Waals surface area contributed by atoms with E-state index in [1.807, 2.05) is 56.3 Å². The normalized spacial score (nSPS) is 10.2. The molecule has 0 unspecified atom stereocenters. The van der Waals surface area contributed by atoms with Gasteiger partial charge in [0, 0.05) is 24.4 Å². The molecule has 0 atom stereocenters. The molecule has 0 saturated heterocycles. The number of nitrogens with one attached hydrogen (secondary N) is 1. The van der Waals surface area contributed by atoms with Gasteiger partial charge < -0.3 is 10.1 Å². The van der Waals surface area contributed by atoms with E-state index in [9.17, 15) is 4.79 Å². The van der Waals surface area contributed by atoms with Crippen LogP contribution in [0, 0.1) is 18.8 Å². The second kappa shape index (κ2) is 9.52. The lowest BCUT2D eigenvalue weighted by Crippen LogP contribution is -2.15. The van der Waals surface area contributed by atoms with Gasteiger partial charge in [-0.05, 0) is 62.6 Å². The van der Waals surface area contributed by atoms with E-state index in [2.05, 4.69) is 27.1 Å². The quantitative estimate of drug-likeness (QED) is 0.479. The van der Waals surface area contributed by atoms with Crippen molar-refractivity contribution in [2.45, 2.75) is 33.1 Å². The van der Waals surface area contributed by atoms with Crippen LogP contribution in [0.2, 0.25) is 0 Å². The summed E-state index contributed by atoms with van der Waals surface area (Å²) in [6.45, 7) is 4.34. The van der Waals surface area contributed by atoms with E-state index in [1.54, 1.807) is 6.20 Å². The van der Waals surface area contributed by atoms with Crippen LogP contribution in [0.5, 0.6) is 5.75 Å². The molecule has 1 aromatic carbocycles. The summed E-state index contributed by atoms with van der Waals surface area (Å²) in [7, 11) is 0. The van der Waals surface area contributed by atoms with Gasteiger partial charge in [0.1, 0.15) is 11.4 Å². The van der Waals surface area contributed by atoms with Crippen LogP contribution in [-0.2, 0) is 0 Å². The third-order valence-corrected chi connectivity index (χ3v) is 4.22. The Morgan fingerprint density at radius 2 is 2.04 bits per heavy atom. The Kier molecular flexibility index (Phi) is 6.59. The Labute approximate surface area is 165 Å². The lowest BCUT2D eigenvalue weighted by molar-refractivity contribution is 0.102. The number of pyridine rings is 2. The Hall–Kier alpha value is -3.39. The molecule has 0 saturated carbocycles. The largest absolute Gasteiger partial charge is 0.494 e. The summed E-state index contributed by atoms with van der Waals surface area (Å²) in [6.07, 6.45) is 4.56. The first-order valence-electron chi connectivity index (χ1n) is 9.33. The Morgan fingerprint density at radius 3 is 2.89 bits per heavy atom. The van der Waals surface area contributed by atoms with E-state index < -0.39 is 0 Å². The molecule has 28 heavy (non-hydrogen) atoms. The number of anilines is 1. The summed E-state index contributed by atoms with van der Waals surface area (Å²) in [5, 5.41) is 2.90. The summed E-state index contributed by atoms with van der Waals surface area (Å²) in [5.41, 5.74) is 3.32. The zero-order chi connectivity index (χ0) is 19.8. The molecular formula is C23H23N3O2. The van der Waals surface area contributed by atoms with Gasteiger partial charge in [0.15, 0.2) is 0 Å². The fourth-order valence-electron chi connectivity index (χ4n) is 2.81. The first-order valence-corrected chi connectivity index (χ1v) is 9.33. The van der Waals surface area contributed by atoms with Gasteiger partial charge in [-0.1, -0.05) is 6.07 Å². The average Bonchev–Trinajstić information content (AvgIpc) is 2.70. The smallest absolute Gasteiger partial charge is 0.274 e. The third kappa shape index (κ3) is 5.08. The minimum atomic E-state index is -0.251. The number of aryl methyl sites for hydroxylation is 1. The monoisotopic (exact) mass is 373 g/mol. The van der Waals surface area contributed by atoms with Crippen LogP contribution in [0.3, 0.4) is 0 Å². The van der Waals surface area contributed by atoms with Gasteiger partial charge in [0.05, 0.1) is 17.6 Å². The minimum Gasteiger partial charge on any atom is -0.494 e. The van der Waals surface area contributed by atoms with Crippen LogP contribution in [0.1, 0.15) is 42.2 Å². The maximum atomic E-state index is 12.7. The number of benzene rings is 1. The number of hydrogen-bond acceptors (Lipinski definition) is 4. The fraction of sp³-hybridized carbons (Fsp3) is 0.261. The molecule has 0 aliphatic heterocycles. The highest BCUT2D eigenvalue weighted by atomic mass is 16.5. The van der Waals surface area contributed by atoms with E-state index in [1.165, 1.54) is 0 Å². The molecule has 1 N–H and O–H groups in total. The minimum absolute atomic E-state index is 0.251. The molecule has 0 aliphatic rings. The Bertz CT molecular complexity index is 1030. The molecular weight excluding hydrogens is 350 g/mol. The summed E-state index contributed by atoms with van der Waals surface area (Å²) < 4.78 is 5.77. The van der Waals surface area contributed by atoms with Crippen molar-refractivity contribution in [3.63, 3.8) is 0 Å². The summed E-state index contributed by atoms with van der Waals surface area (Å²) in [4.78, 5) is 21.4. The van der Waals surface area contributed by atoms with Gasteiger partial charge in [-0.25, -0.2) is 4.98 Å². The second-order valence-electron chi connectivity index (χ2n) is 6.41. The molecule has 142 valence electrons. The molecule has 0 radical (unpaired) electrons. The highest BCUT2D eigenvalue weighted by Gasteiger charge is 2.13. The van der Waals surface area contributed by atoms with Crippen molar-refractivity contribution in [1.82, 2.24) is 9.97 Å². The standard InChI is InChI=1S/C23H23N3O2/c1-3-4-5-6-7-14-28-19-11-8-10-18(16-19)25-23(27)22-17(2)15-21-20(26-22)12-9-13-24-21/h8-13,15-16H,5-7,14H2,1-2H3,(H,25,27). The first-order chi connectivity index (χ1) is 13.7. The van der Waals surface area contributed by atoms with Gasteiger partial charge >= 0.3 is 0 Å². The van der Waals surface area contributed by atoms with Gasteiger partial charge in [-0.2, -0.15) is 0 Å². The topological polar surface area (TPSA) is 64.1 Å². The highest BCUT2D eigenvalue weighted by molar-refractivity contribution is 6.05. The second-order valence-corrected chi connectivity index (χ2v) is 6.41. The van der Waals surface area contributed by atoms with Crippen molar-refractivity contribution in [2.24, 2.45) is 0 Å². The molecule has 0 spiro atoms. The SMILES string of the molecule is CC#CCCCCOc1cccc(NC(=O)c2nc3cccnc3cc2C)c1. The Balaban J connectivity index is 1.64. The number of fused-ring (bicyclic) bond motifs is 1. The lowest BCUT2D eigenvalue weighted by atomic mass is 10.1. The fourth-order valence-corrected chi connectivity index (χ4v) is 2.81. The number of amides is 1. The van der Waals surface area contributed by atoms with Crippen molar-refractivity contribution in [1.29, 1.82) is 0 Å². The molecule has 1 amide bonds. The van der Waals surface area contributed by atoms with E-state index >= 15 is 0 Å². The van der Waals surface area contributed by atoms with Gasteiger partial charge in [-0.3, -0.25) is 9.78 Å². The molecule has 0 fully saturated rings. The van der Waals surface area contributed by atoms with Crippen LogP contribution in [0.15, 0.2) is 48.7 Å². The summed E-state index contributed by atoms with van der Waals surface area (Å²) >= 11 is 0. The molecule has 5 heteroatoms. The number of carbonyl (C=O) groups excluding carboxylic acids is 1. The van der Waals surface area contributed by atoms with Crippen LogP contribution in [0.25, 0.3) is 11.0 Å². The lowest BCUT2D eigenvalue weighted by Gasteiger charge is -2.10. The molecule has 3 rings (SSSR count). The van der Waals surface area contributed by atoms with Crippen molar-refractivity contribution >= 4 is 22.6 Å². The number of aromatic nitrogens is 2. The first kappa shape index (κ1) is 19.4. The number of hydrogen-bond donors (Lipinski definition) is 1. The van der Waals surface area contributed by atoms with Crippen LogP contribution < -0.4 is 10.1 Å². The van der Waals surface area contributed by atoms with E-state index in [4.69, 9.17) is 4.74 Å². The summed E-state index contributed by atoms with van der Waals surface area (Å²) in [5.74, 6) is 6.41. The van der Waals surface area contributed by atoms with Gasteiger partial charge in [0.2, 0.25) is 0 Å². The van der Waals surface area contributed by atoms with Crippen molar-refractivity contribution in [3.05, 3.63) is 59.9 Å². The molecule has 2 heterocycles. The summed E-state index contributed by atoms with van der Waals surface area (Å²) in [6, 6.07) is 12.9. The van der Waals surface area contributed by atoms with Gasteiger partial charge in [-0.15, -0.1) is 11.8 Å². The maximum absolute atomic E-state index is 12.7. The molecule has 5 nitrogen and oxygen atoms in total. The predicted octanol–water partition coefficient (Wildman–Crippen LogP) is 4.76. The van der Waals surface area contributed by atoms with Crippen LogP contribution >= 0.6 is 0 Å². The number of ether oxygens (including phenoxy) is 1. The van der Waals surface area contributed by atoms with E-state index in [0.717, 1.165) is 36.1 Å². The van der Waals surface area contributed by atoms with Crippen LogP contribution in [-0.4, -0.2) is 22.5 Å². The third-order valence-electron chi connectivity index (χ3n) is 4.22. The zero-order valence-electron chi connectivity index (χ0n) is 16.2. The van der Waals surface area contributed by atoms with Crippen LogP contribution in [0.4, 0.5) is 5.69 Å². The molecule has 2 aromatic heterocycles. The molecule has 3 aromatic rings.